The van der Waals surface area contributed by atoms with Crippen LogP contribution in [-0.4, -0.2) is 76.8 Å². The zero-order valence-corrected chi connectivity index (χ0v) is 36.5. The van der Waals surface area contributed by atoms with Gasteiger partial charge >= 0.3 is 0 Å². The molecule has 320 valence electrons. The molecule has 4 saturated heterocycles. The van der Waals surface area contributed by atoms with Crippen molar-refractivity contribution in [1.82, 2.24) is 21.3 Å². The molecule has 8 aliphatic rings. The van der Waals surface area contributed by atoms with Gasteiger partial charge in [-0.15, -0.1) is 0 Å². The number of hydrogen-bond acceptors (Lipinski definition) is 8. The summed E-state index contributed by atoms with van der Waals surface area (Å²) in [5.74, 6) is 0. The summed E-state index contributed by atoms with van der Waals surface area (Å²) in [6, 6.07) is 29.2. The average molecular weight is 813 g/mol. The molecule has 8 heterocycles. The van der Waals surface area contributed by atoms with Gasteiger partial charge in [0.15, 0.2) is 0 Å². The Morgan fingerprint density at radius 1 is 0.350 bits per heavy atom. The smallest absolute Gasteiger partial charge is 0.0981 e. The van der Waals surface area contributed by atoms with Crippen molar-refractivity contribution in [3.05, 3.63) is 140 Å². The summed E-state index contributed by atoms with van der Waals surface area (Å²) < 4.78 is 23.5. The van der Waals surface area contributed by atoms with Crippen LogP contribution in [-0.2, 0) is 44.6 Å². The highest BCUT2D eigenvalue weighted by atomic mass is 16.5. The Balaban J connectivity index is 0.000000103. The van der Waals surface area contributed by atoms with Crippen molar-refractivity contribution in [1.29, 1.82) is 0 Å². The molecule has 0 radical (unpaired) electrons. The van der Waals surface area contributed by atoms with Crippen LogP contribution >= 0.6 is 0 Å². The molecular weight excluding hydrogens is 745 g/mol. The maximum absolute atomic E-state index is 5.89. The average Bonchev–Trinajstić information content (AvgIpc) is 3.16. The molecule has 12 rings (SSSR count). The number of hydrogen-bond donors (Lipinski definition) is 4. The quantitative estimate of drug-likeness (QED) is 0.166. The molecular formula is C52H68N4O4. The topological polar surface area (TPSA) is 85.0 Å². The van der Waals surface area contributed by atoms with Gasteiger partial charge in [0.2, 0.25) is 0 Å². The van der Waals surface area contributed by atoms with E-state index in [1.807, 2.05) is 0 Å². The Morgan fingerprint density at radius 2 is 0.567 bits per heavy atom. The fourth-order valence-electron chi connectivity index (χ4n) is 10.1. The highest BCUT2D eigenvalue weighted by molar-refractivity contribution is 5.39. The van der Waals surface area contributed by atoms with E-state index in [1.54, 1.807) is 0 Å². The second kappa shape index (κ2) is 19.3. The lowest BCUT2D eigenvalue weighted by Gasteiger charge is -2.38. The zero-order chi connectivity index (χ0) is 41.0. The molecule has 8 aliphatic heterocycles. The SMILES string of the molecule is Cc1ccc2c(c1)CCO[C@@H]2[C@@H]1CCN1.Cc1ccc2c(c1)CCO[C@@H]2[C@H]1CCN1.Cc1ccc2c(c1)CCO[C@H]2[C@@H]1CCN1.Cc1ccc2c(c1)CCO[C@H]2[C@H]1CCN1. The largest absolute Gasteiger partial charge is 0.372 e. The molecule has 0 bridgehead atoms. The monoisotopic (exact) mass is 813 g/mol. The van der Waals surface area contributed by atoms with Gasteiger partial charge in [-0.05, 0) is 150 Å². The fourth-order valence-corrected chi connectivity index (χ4v) is 10.1. The van der Waals surface area contributed by atoms with Gasteiger partial charge in [0.25, 0.3) is 0 Å². The third kappa shape index (κ3) is 9.47. The van der Waals surface area contributed by atoms with Gasteiger partial charge in [-0.3, -0.25) is 0 Å². The van der Waals surface area contributed by atoms with Gasteiger partial charge in [-0.1, -0.05) is 95.1 Å². The van der Waals surface area contributed by atoms with Crippen LogP contribution in [0.2, 0.25) is 0 Å². The summed E-state index contributed by atoms with van der Waals surface area (Å²) in [7, 11) is 0. The number of rotatable bonds is 4. The second-order valence-corrected chi connectivity index (χ2v) is 18.4. The van der Waals surface area contributed by atoms with E-state index in [-0.39, 0.29) is 0 Å². The van der Waals surface area contributed by atoms with Crippen LogP contribution < -0.4 is 21.3 Å². The number of benzene rings is 4. The van der Waals surface area contributed by atoms with Crippen molar-refractivity contribution < 1.29 is 18.9 Å². The van der Waals surface area contributed by atoms with Crippen molar-refractivity contribution in [3.63, 3.8) is 0 Å². The highest BCUT2D eigenvalue weighted by Gasteiger charge is 2.35. The number of fused-ring (bicyclic) bond motifs is 4. The van der Waals surface area contributed by atoms with Crippen molar-refractivity contribution in [3.8, 4) is 0 Å². The van der Waals surface area contributed by atoms with Crippen molar-refractivity contribution in [2.24, 2.45) is 0 Å². The number of aryl methyl sites for hydroxylation is 4. The minimum absolute atomic E-state index is 0.295. The predicted molar refractivity (Wildman–Crippen MR) is 240 cm³/mol. The predicted octanol–water partition coefficient (Wildman–Crippen LogP) is 7.88. The molecule has 0 saturated carbocycles. The third-order valence-electron chi connectivity index (χ3n) is 14.0. The maximum Gasteiger partial charge on any atom is 0.0981 e. The van der Waals surface area contributed by atoms with Crippen molar-refractivity contribution in [2.45, 2.75) is 128 Å². The standard InChI is InChI=1S/4C13H17NO/c4*1-9-2-3-11-10(8-9)5-7-15-13(11)12-4-6-14-12/h4*2-3,8,12-14H,4-7H2,1H3/t2*12-,13+;2*12-,13-/m1010/s1. The van der Waals surface area contributed by atoms with Crippen LogP contribution in [0.1, 0.15) is 117 Å². The van der Waals surface area contributed by atoms with Gasteiger partial charge in [-0.25, -0.2) is 0 Å². The van der Waals surface area contributed by atoms with E-state index < -0.39 is 0 Å². The third-order valence-corrected chi connectivity index (χ3v) is 14.0. The second-order valence-electron chi connectivity index (χ2n) is 18.4. The molecule has 4 aromatic rings. The Hall–Kier alpha value is -3.44. The molecule has 60 heavy (non-hydrogen) atoms. The molecule has 0 amide bonds. The van der Waals surface area contributed by atoms with Gasteiger partial charge in [0.1, 0.15) is 0 Å². The summed E-state index contributed by atoms with van der Waals surface area (Å²) in [4.78, 5) is 0. The summed E-state index contributed by atoms with van der Waals surface area (Å²) in [6.45, 7) is 16.7. The number of nitrogens with one attached hydrogen (secondary N) is 4. The lowest BCUT2D eigenvalue weighted by atomic mass is 9.88. The Kier molecular flexibility index (Phi) is 13.5. The molecule has 4 fully saturated rings. The van der Waals surface area contributed by atoms with Crippen molar-refractivity contribution in [2.75, 3.05) is 52.6 Å². The van der Waals surface area contributed by atoms with E-state index in [9.17, 15) is 0 Å². The molecule has 0 aromatic heterocycles. The van der Waals surface area contributed by atoms with Crippen LogP contribution in [0.3, 0.4) is 0 Å². The maximum atomic E-state index is 5.89. The van der Waals surface area contributed by atoms with Crippen LogP contribution in [0.5, 0.6) is 0 Å². The minimum atomic E-state index is 0.295. The molecule has 8 nitrogen and oxygen atoms in total. The van der Waals surface area contributed by atoms with Gasteiger partial charge in [0.05, 0.1) is 50.8 Å². The zero-order valence-electron chi connectivity index (χ0n) is 36.5. The first-order valence-corrected chi connectivity index (χ1v) is 23.2. The molecule has 8 atom stereocenters. The first kappa shape index (κ1) is 41.9. The Bertz CT molecular complexity index is 1780. The molecule has 0 spiro atoms. The molecule has 4 aromatic carbocycles. The molecule has 0 unspecified atom stereocenters. The summed E-state index contributed by atoms with van der Waals surface area (Å²) >= 11 is 0. The Morgan fingerprint density at radius 3 is 0.750 bits per heavy atom. The Labute approximate surface area is 358 Å². The first-order valence-electron chi connectivity index (χ1n) is 23.2. The van der Waals surface area contributed by atoms with Gasteiger partial charge in [-0.2, -0.15) is 0 Å². The summed E-state index contributed by atoms with van der Waals surface area (Å²) in [5.41, 5.74) is 17.0. The normalized spacial score (nSPS) is 29.4. The van der Waals surface area contributed by atoms with Gasteiger partial charge in [0, 0.05) is 24.2 Å². The first-order chi connectivity index (χ1) is 29.4. The lowest BCUT2D eigenvalue weighted by molar-refractivity contribution is -0.00155. The molecule has 4 N–H and O–H groups in total. The lowest BCUT2D eigenvalue weighted by Crippen LogP contribution is -2.48. The fraction of sp³-hybridized carbons (Fsp3) is 0.538. The molecule has 0 aliphatic carbocycles. The van der Waals surface area contributed by atoms with E-state index in [4.69, 9.17) is 18.9 Å². The van der Waals surface area contributed by atoms with Crippen LogP contribution in [0, 0.1) is 27.7 Å². The summed E-state index contributed by atoms with van der Waals surface area (Å²) in [6.07, 6.45) is 10.4. The van der Waals surface area contributed by atoms with Crippen LogP contribution in [0.25, 0.3) is 0 Å². The van der Waals surface area contributed by atoms with E-state index in [2.05, 4.69) is 122 Å². The highest BCUT2D eigenvalue weighted by Crippen LogP contribution is 2.37. The van der Waals surface area contributed by atoms with Crippen LogP contribution in [0.15, 0.2) is 72.8 Å². The van der Waals surface area contributed by atoms with Gasteiger partial charge < -0.3 is 40.2 Å². The van der Waals surface area contributed by atoms with E-state index in [1.165, 1.54) is 92.4 Å². The van der Waals surface area contributed by atoms with E-state index in [0.29, 0.717) is 48.6 Å². The summed E-state index contributed by atoms with van der Waals surface area (Å²) in [5, 5.41) is 13.8. The van der Waals surface area contributed by atoms with E-state index in [0.717, 1.165) is 78.3 Å². The van der Waals surface area contributed by atoms with E-state index >= 15 is 0 Å². The number of ether oxygens (including phenoxy) is 4. The van der Waals surface area contributed by atoms with Crippen molar-refractivity contribution >= 4 is 0 Å². The molecule has 8 heteroatoms. The minimum Gasteiger partial charge on any atom is -0.372 e. The van der Waals surface area contributed by atoms with Crippen LogP contribution in [0.4, 0.5) is 0 Å².